The lowest BCUT2D eigenvalue weighted by Gasteiger charge is -2.34. The predicted molar refractivity (Wildman–Crippen MR) is 110 cm³/mol. The Balaban J connectivity index is 1.63. The molecule has 1 saturated heterocycles. The monoisotopic (exact) mass is 442 g/mol. The number of hydrogen-bond donors (Lipinski definition) is 2. The number of likely N-dealkylation sites (tertiary alicyclic amines) is 1. The number of halogens is 4. The summed E-state index contributed by atoms with van der Waals surface area (Å²) < 4.78 is 26.2. The zero-order valence-electron chi connectivity index (χ0n) is 15.6. The van der Waals surface area contributed by atoms with Crippen molar-refractivity contribution >= 4 is 29.1 Å². The number of alkyl halides is 4. The summed E-state index contributed by atoms with van der Waals surface area (Å²) in [7, 11) is 0. The highest BCUT2D eigenvalue weighted by Gasteiger charge is 2.26. The number of aliphatic hydroxyl groups is 1. The van der Waals surface area contributed by atoms with E-state index in [1.807, 2.05) is 41.3 Å². The molecule has 0 aromatic heterocycles. The molecule has 4 nitrogen and oxygen atoms in total. The Morgan fingerprint density at radius 3 is 2.14 bits per heavy atom. The van der Waals surface area contributed by atoms with Gasteiger partial charge in [0.15, 0.2) is 4.84 Å². The molecule has 8 heteroatoms. The van der Waals surface area contributed by atoms with Gasteiger partial charge < -0.3 is 10.4 Å². The maximum Gasteiger partial charge on any atom is 0.253 e. The molecule has 0 bridgehead atoms. The van der Waals surface area contributed by atoms with Crippen LogP contribution in [0.5, 0.6) is 0 Å². The van der Waals surface area contributed by atoms with Crippen molar-refractivity contribution in [1.29, 1.82) is 0 Å². The summed E-state index contributed by atoms with van der Waals surface area (Å²) in [6, 6.07) is 13.8. The largest absolute Gasteiger partial charge is 0.386 e. The van der Waals surface area contributed by atoms with E-state index in [1.54, 1.807) is 12.1 Å². The number of rotatable bonds is 8. The SMILES string of the molecule is O=C(N[C@H](CF)[C@@H](O)c1ccc(-c2ccc(CN3CC(F)C3)cc2)cc1)C(Cl)Cl. The topological polar surface area (TPSA) is 52.6 Å². The van der Waals surface area contributed by atoms with Crippen molar-refractivity contribution in [3.05, 3.63) is 59.7 Å². The van der Waals surface area contributed by atoms with Crippen LogP contribution in [0, 0.1) is 0 Å². The molecule has 1 aliphatic heterocycles. The van der Waals surface area contributed by atoms with Gasteiger partial charge in [-0.3, -0.25) is 9.69 Å². The molecule has 1 amide bonds. The zero-order valence-corrected chi connectivity index (χ0v) is 17.1. The summed E-state index contributed by atoms with van der Waals surface area (Å²) >= 11 is 10.9. The second-order valence-electron chi connectivity index (χ2n) is 7.13. The summed E-state index contributed by atoms with van der Waals surface area (Å²) in [4.78, 5) is 12.3. The second kappa shape index (κ2) is 9.85. The molecular weight excluding hydrogens is 421 g/mol. The third-order valence-corrected chi connectivity index (χ3v) is 5.33. The van der Waals surface area contributed by atoms with Crippen LogP contribution < -0.4 is 5.32 Å². The minimum absolute atomic E-state index is 0.465. The van der Waals surface area contributed by atoms with Crippen LogP contribution in [0.3, 0.4) is 0 Å². The summed E-state index contributed by atoms with van der Waals surface area (Å²) in [5, 5.41) is 12.7. The summed E-state index contributed by atoms with van der Waals surface area (Å²) in [6.07, 6.45) is -1.94. The molecule has 1 fully saturated rings. The molecule has 29 heavy (non-hydrogen) atoms. The van der Waals surface area contributed by atoms with Crippen LogP contribution >= 0.6 is 23.2 Å². The molecule has 2 atom stereocenters. The molecule has 2 N–H and O–H groups in total. The van der Waals surface area contributed by atoms with Gasteiger partial charge in [0.05, 0.1) is 6.04 Å². The summed E-state index contributed by atoms with van der Waals surface area (Å²) in [6.45, 7) is 0.745. The fourth-order valence-corrected chi connectivity index (χ4v) is 3.38. The molecule has 0 radical (unpaired) electrons. The van der Waals surface area contributed by atoms with Crippen LogP contribution in [0.25, 0.3) is 11.1 Å². The van der Waals surface area contributed by atoms with Gasteiger partial charge in [0, 0.05) is 19.6 Å². The van der Waals surface area contributed by atoms with Crippen molar-refractivity contribution in [2.24, 2.45) is 0 Å². The van der Waals surface area contributed by atoms with Gasteiger partial charge in [0.2, 0.25) is 0 Å². The van der Waals surface area contributed by atoms with E-state index in [0.717, 1.165) is 23.2 Å². The van der Waals surface area contributed by atoms with Crippen LogP contribution in [-0.4, -0.2) is 52.7 Å². The van der Waals surface area contributed by atoms with Gasteiger partial charge in [-0.15, -0.1) is 0 Å². The number of hydrogen-bond acceptors (Lipinski definition) is 3. The number of carbonyl (C=O) groups excluding carboxylic acids is 1. The summed E-state index contributed by atoms with van der Waals surface area (Å²) in [5.74, 6) is -0.757. The van der Waals surface area contributed by atoms with E-state index in [0.29, 0.717) is 18.7 Å². The third-order valence-electron chi connectivity index (χ3n) is 4.93. The molecular formula is C21H22Cl2F2N2O2. The van der Waals surface area contributed by atoms with Gasteiger partial charge in [0.1, 0.15) is 19.0 Å². The molecule has 0 spiro atoms. The summed E-state index contributed by atoms with van der Waals surface area (Å²) in [5.41, 5.74) is 3.51. The Morgan fingerprint density at radius 1 is 1.10 bits per heavy atom. The number of aliphatic hydroxyl groups excluding tert-OH is 1. The van der Waals surface area contributed by atoms with E-state index in [-0.39, 0.29) is 0 Å². The quantitative estimate of drug-likeness (QED) is 0.611. The minimum atomic E-state index is -1.33. The van der Waals surface area contributed by atoms with Gasteiger partial charge >= 0.3 is 0 Å². The first kappa shape index (κ1) is 22.0. The molecule has 156 valence electrons. The van der Waals surface area contributed by atoms with E-state index < -0.39 is 35.7 Å². The van der Waals surface area contributed by atoms with E-state index in [1.165, 1.54) is 0 Å². The lowest BCUT2D eigenvalue weighted by atomic mass is 9.98. The van der Waals surface area contributed by atoms with Crippen molar-refractivity contribution < 1.29 is 18.7 Å². The molecule has 3 rings (SSSR count). The van der Waals surface area contributed by atoms with Gasteiger partial charge in [-0.2, -0.15) is 0 Å². The van der Waals surface area contributed by atoms with Crippen molar-refractivity contribution in [2.75, 3.05) is 19.8 Å². The number of nitrogens with one attached hydrogen (secondary N) is 1. The number of amides is 1. The van der Waals surface area contributed by atoms with Crippen LogP contribution in [0.2, 0.25) is 0 Å². The standard InChI is InChI=1S/C21H22Cl2F2N2O2/c22-20(23)21(29)26-18(9-24)19(28)16-7-5-15(6-8-16)14-3-1-13(2-4-14)10-27-11-17(25)12-27/h1-8,17-20,28H,9-12H2,(H,26,29)/t18-,19+/m1/s1. The first-order valence-electron chi connectivity index (χ1n) is 9.25. The molecule has 0 saturated carbocycles. The Bertz CT molecular complexity index is 812. The van der Waals surface area contributed by atoms with Gasteiger partial charge in [-0.05, 0) is 22.3 Å². The highest BCUT2D eigenvalue weighted by Crippen LogP contribution is 2.25. The van der Waals surface area contributed by atoms with E-state index in [4.69, 9.17) is 23.2 Å². The van der Waals surface area contributed by atoms with Crippen LogP contribution in [0.15, 0.2) is 48.5 Å². The number of carbonyl (C=O) groups is 1. The van der Waals surface area contributed by atoms with Gasteiger partial charge in [0.25, 0.3) is 5.91 Å². The maximum absolute atomic E-state index is 13.3. The van der Waals surface area contributed by atoms with E-state index in [2.05, 4.69) is 5.32 Å². The van der Waals surface area contributed by atoms with E-state index in [9.17, 15) is 18.7 Å². The Hall–Kier alpha value is -1.73. The minimum Gasteiger partial charge on any atom is -0.386 e. The third kappa shape index (κ3) is 5.66. The highest BCUT2D eigenvalue weighted by atomic mass is 35.5. The lowest BCUT2D eigenvalue weighted by molar-refractivity contribution is -0.121. The average Bonchev–Trinajstić information content (AvgIpc) is 2.70. The van der Waals surface area contributed by atoms with E-state index >= 15 is 0 Å². The second-order valence-corrected chi connectivity index (χ2v) is 8.22. The van der Waals surface area contributed by atoms with Crippen molar-refractivity contribution in [1.82, 2.24) is 10.2 Å². The van der Waals surface area contributed by atoms with Gasteiger partial charge in [-0.1, -0.05) is 71.7 Å². The lowest BCUT2D eigenvalue weighted by Crippen LogP contribution is -2.47. The Morgan fingerprint density at radius 2 is 1.66 bits per heavy atom. The first-order chi connectivity index (χ1) is 13.9. The first-order valence-corrected chi connectivity index (χ1v) is 10.1. The van der Waals surface area contributed by atoms with Crippen molar-refractivity contribution in [3.8, 4) is 11.1 Å². The molecule has 2 aromatic rings. The molecule has 0 unspecified atom stereocenters. The van der Waals surface area contributed by atoms with Crippen LogP contribution in [-0.2, 0) is 11.3 Å². The predicted octanol–water partition coefficient (Wildman–Crippen LogP) is 3.80. The smallest absolute Gasteiger partial charge is 0.253 e. The highest BCUT2D eigenvalue weighted by molar-refractivity contribution is 6.53. The zero-order chi connectivity index (χ0) is 21.0. The number of benzene rings is 2. The molecule has 0 aliphatic carbocycles. The van der Waals surface area contributed by atoms with Crippen LogP contribution in [0.1, 0.15) is 17.2 Å². The Kier molecular flexibility index (Phi) is 7.46. The van der Waals surface area contributed by atoms with Crippen LogP contribution in [0.4, 0.5) is 8.78 Å². The fourth-order valence-electron chi connectivity index (χ4n) is 3.25. The van der Waals surface area contributed by atoms with Crippen molar-refractivity contribution in [2.45, 2.75) is 29.7 Å². The number of nitrogens with zero attached hydrogens (tertiary/aromatic N) is 1. The molecule has 2 aromatic carbocycles. The molecule has 1 heterocycles. The fraction of sp³-hybridized carbons (Fsp3) is 0.381. The average molecular weight is 443 g/mol. The normalized spacial score (nSPS) is 17.0. The maximum atomic E-state index is 13.3. The Labute approximate surface area is 178 Å². The van der Waals surface area contributed by atoms with Crippen molar-refractivity contribution in [3.63, 3.8) is 0 Å². The van der Waals surface area contributed by atoms with Gasteiger partial charge in [-0.25, -0.2) is 8.78 Å². The molecule has 1 aliphatic rings.